The van der Waals surface area contributed by atoms with Crippen molar-refractivity contribution in [3.63, 3.8) is 0 Å². The van der Waals surface area contributed by atoms with E-state index in [2.05, 4.69) is 6.58 Å². The largest absolute Gasteiger partial charge is 0.458 e. The van der Waals surface area contributed by atoms with Crippen molar-refractivity contribution in [3.05, 3.63) is 23.8 Å². The number of ether oxygens (including phenoxy) is 4. The van der Waals surface area contributed by atoms with E-state index in [1.54, 1.807) is 19.9 Å². The summed E-state index contributed by atoms with van der Waals surface area (Å²) >= 11 is 0. The van der Waals surface area contributed by atoms with E-state index in [1.165, 1.54) is 0 Å². The summed E-state index contributed by atoms with van der Waals surface area (Å²) in [6.07, 6.45) is -0.718. The number of esters is 2. The van der Waals surface area contributed by atoms with Gasteiger partial charge in [0.1, 0.15) is 12.2 Å². The van der Waals surface area contributed by atoms with Crippen molar-refractivity contribution in [2.75, 3.05) is 13.2 Å². The van der Waals surface area contributed by atoms with Gasteiger partial charge in [-0.3, -0.25) is 0 Å². The summed E-state index contributed by atoms with van der Waals surface area (Å²) < 4.78 is 23.3. The first-order valence-corrected chi connectivity index (χ1v) is 10.1. The van der Waals surface area contributed by atoms with Crippen molar-refractivity contribution in [2.45, 2.75) is 70.2 Å². The van der Waals surface area contributed by atoms with Crippen molar-refractivity contribution in [1.82, 2.24) is 0 Å². The lowest BCUT2D eigenvalue weighted by Crippen LogP contribution is -2.45. The van der Waals surface area contributed by atoms with E-state index in [9.17, 15) is 19.8 Å². The normalized spacial score (nSPS) is 40.0. The number of aliphatic hydroxyl groups excluding tert-OH is 2. The molecule has 162 valence electrons. The molecular weight excluding hydrogens is 380 g/mol. The highest BCUT2D eigenvalue weighted by Crippen LogP contribution is 2.47. The molecule has 3 rings (SSSR count). The Morgan fingerprint density at radius 2 is 2.10 bits per heavy atom. The monoisotopic (exact) mass is 410 g/mol. The molecule has 7 atom stereocenters. The lowest BCUT2D eigenvalue weighted by Gasteiger charge is -2.36. The third-order valence-corrected chi connectivity index (χ3v) is 6.22. The molecule has 2 N–H and O–H groups in total. The Labute approximate surface area is 170 Å². The zero-order chi connectivity index (χ0) is 21.3. The molecule has 3 heterocycles. The quantitative estimate of drug-likeness (QED) is 0.515. The number of carbonyl (C=O) groups excluding carboxylic acids is 2. The summed E-state index contributed by atoms with van der Waals surface area (Å²) in [6.45, 7) is 9.10. The Bertz CT molecular complexity index is 701. The molecule has 8 heteroatoms. The summed E-state index contributed by atoms with van der Waals surface area (Å²) in [7, 11) is 0. The lowest BCUT2D eigenvalue weighted by molar-refractivity contribution is -0.263. The van der Waals surface area contributed by atoms with Crippen LogP contribution in [0, 0.1) is 11.8 Å². The number of hydrogen-bond acceptors (Lipinski definition) is 8. The molecule has 0 aromatic rings. The van der Waals surface area contributed by atoms with E-state index >= 15 is 0 Å². The van der Waals surface area contributed by atoms with E-state index in [1.807, 2.05) is 6.92 Å². The molecule has 0 unspecified atom stereocenters. The fourth-order valence-electron chi connectivity index (χ4n) is 4.55. The maximum Gasteiger partial charge on any atom is 0.334 e. The maximum atomic E-state index is 12.5. The molecule has 0 amide bonds. The van der Waals surface area contributed by atoms with Crippen molar-refractivity contribution in [1.29, 1.82) is 0 Å². The summed E-state index contributed by atoms with van der Waals surface area (Å²) in [6, 6.07) is 0. The highest BCUT2D eigenvalue weighted by molar-refractivity contribution is 5.91. The third-order valence-electron chi connectivity index (χ3n) is 6.22. The van der Waals surface area contributed by atoms with Gasteiger partial charge in [0.05, 0.1) is 24.7 Å². The van der Waals surface area contributed by atoms with E-state index in [0.29, 0.717) is 12.2 Å². The van der Waals surface area contributed by atoms with Crippen molar-refractivity contribution < 1.29 is 38.7 Å². The zero-order valence-electron chi connectivity index (χ0n) is 17.1. The Kier molecular flexibility index (Phi) is 6.48. The smallest absolute Gasteiger partial charge is 0.334 e. The van der Waals surface area contributed by atoms with Crippen LogP contribution in [0.4, 0.5) is 0 Å². The van der Waals surface area contributed by atoms with Crippen LogP contribution in [-0.4, -0.2) is 65.6 Å². The highest BCUT2D eigenvalue weighted by atomic mass is 16.7. The van der Waals surface area contributed by atoms with E-state index in [-0.39, 0.29) is 31.4 Å². The Hall–Kier alpha value is -1.74. The van der Waals surface area contributed by atoms with E-state index in [0.717, 1.165) is 0 Å². The minimum Gasteiger partial charge on any atom is -0.458 e. The molecule has 2 bridgehead atoms. The van der Waals surface area contributed by atoms with Gasteiger partial charge in [0.15, 0.2) is 5.79 Å². The van der Waals surface area contributed by atoms with Crippen LogP contribution >= 0.6 is 0 Å². The third kappa shape index (κ3) is 3.99. The highest BCUT2D eigenvalue weighted by Gasteiger charge is 2.57. The summed E-state index contributed by atoms with van der Waals surface area (Å²) in [5, 5.41) is 20.7. The van der Waals surface area contributed by atoms with E-state index in [4.69, 9.17) is 18.9 Å². The Morgan fingerprint density at radius 3 is 2.72 bits per heavy atom. The van der Waals surface area contributed by atoms with E-state index < -0.39 is 54.0 Å². The van der Waals surface area contributed by atoms with Crippen LogP contribution in [0.25, 0.3) is 0 Å². The molecule has 3 aliphatic heterocycles. The van der Waals surface area contributed by atoms with Gasteiger partial charge in [0.2, 0.25) is 0 Å². The molecular formula is C21H30O8. The second kappa shape index (κ2) is 8.55. The maximum absolute atomic E-state index is 12.5. The summed E-state index contributed by atoms with van der Waals surface area (Å²) in [5.74, 6) is -3.35. The Morgan fingerprint density at radius 1 is 1.38 bits per heavy atom. The summed E-state index contributed by atoms with van der Waals surface area (Å²) in [4.78, 5) is 24.7. The van der Waals surface area contributed by atoms with Gasteiger partial charge < -0.3 is 29.2 Å². The SMILES string of the molecule is C=C1C(=O)O[C@@H]2C[C@H](CO)[C@]3(OCC)C[C@@H](O)[C@H](C[C@@H](OC(=O)/C(C)=C\C)[C@@H]12)O3. The molecule has 8 nitrogen and oxygen atoms in total. The number of allylic oxidation sites excluding steroid dienone is 1. The van der Waals surface area contributed by atoms with Gasteiger partial charge in [-0.2, -0.15) is 0 Å². The molecule has 29 heavy (non-hydrogen) atoms. The molecule has 3 fully saturated rings. The summed E-state index contributed by atoms with van der Waals surface area (Å²) in [5.41, 5.74) is 0.655. The molecule has 0 radical (unpaired) electrons. The number of aliphatic hydroxyl groups is 2. The molecule has 0 aromatic carbocycles. The van der Waals surface area contributed by atoms with Crippen molar-refractivity contribution in [2.24, 2.45) is 11.8 Å². The zero-order valence-corrected chi connectivity index (χ0v) is 17.1. The topological polar surface area (TPSA) is 112 Å². The van der Waals surface area contributed by atoms with Crippen LogP contribution in [0.3, 0.4) is 0 Å². The van der Waals surface area contributed by atoms with Crippen molar-refractivity contribution in [3.8, 4) is 0 Å². The van der Waals surface area contributed by atoms with Gasteiger partial charge in [0, 0.05) is 36.5 Å². The first-order chi connectivity index (χ1) is 13.8. The predicted octanol–water partition coefficient (Wildman–Crippen LogP) is 1.25. The van der Waals surface area contributed by atoms with Gasteiger partial charge >= 0.3 is 11.9 Å². The van der Waals surface area contributed by atoms with Crippen LogP contribution in [0.5, 0.6) is 0 Å². The number of hydrogen-bond donors (Lipinski definition) is 2. The van der Waals surface area contributed by atoms with Gasteiger partial charge in [-0.15, -0.1) is 0 Å². The van der Waals surface area contributed by atoms with Crippen LogP contribution < -0.4 is 0 Å². The average Bonchev–Trinajstić information content (AvgIpc) is 3.15. The molecule has 3 aliphatic rings. The second-order valence-electron chi connectivity index (χ2n) is 7.93. The standard InChI is InChI=1S/C21H30O8/c1-5-11(3)19(24)27-17-8-15-14(23)9-21(29-15,26-6-2)13(10-22)7-16-18(17)12(4)20(25)28-16/h5,13-18,22-23H,4,6-10H2,1-3H3/b11-5-/t13-,14-,15+,16-,17-,18+,21+/m1/s1. The molecule has 0 saturated carbocycles. The number of rotatable bonds is 5. The predicted molar refractivity (Wildman–Crippen MR) is 101 cm³/mol. The first-order valence-electron chi connectivity index (χ1n) is 10.1. The van der Waals surface area contributed by atoms with Gasteiger partial charge in [-0.25, -0.2) is 9.59 Å². The Balaban J connectivity index is 1.99. The lowest BCUT2D eigenvalue weighted by atomic mass is 9.80. The molecule has 0 aliphatic carbocycles. The van der Waals surface area contributed by atoms with Crippen LogP contribution in [0.2, 0.25) is 0 Å². The molecule has 3 saturated heterocycles. The van der Waals surface area contributed by atoms with Gasteiger partial charge in [-0.1, -0.05) is 12.7 Å². The molecule has 0 aromatic heterocycles. The fourth-order valence-corrected chi connectivity index (χ4v) is 4.55. The fraction of sp³-hybridized carbons (Fsp3) is 0.714. The minimum absolute atomic E-state index is 0.160. The minimum atomic E-state index is -1.19. The number of carbonyl (C=O) groups is 2. The first kappa shape index (κ1) is 22.0. The second-order valence-corrected chi connectivity index (χ2v) is 7.93. The van der Waals surface area contributed by atoms with Gasteiger partial charge in [-0.05, 0) is 27.2 Å². The number of fused-ring (bicyclic) bond motifs is 3. The van der Waals surface area contributed by atoms with Crippen LogP contribution in [-0.2, 0) is 28.5 Å². The van der Waals surface area contributed by atoms with Crippen LogP contribution in [0.1, 0.15) is 40.0 Å². The molecule has 0 spiro atoms. The average molecular weight is 410 g/mol. The van der Waals surface area contributed by atoms with Crippen LogP contribution in [0.15, 0.2) is 23.8 Å². The van der Waals surface area contributed by atoms with Crippen molar-refractivity contribution >= 4 is 11.9 Å². The van der Waals surface area contributed by atoms with Gasteiger partial charge in [0.25, 0.3) is 0 Å².